The fourth-order valence-corrected chi connectivity index (χ4v) is 1.87. The Morgan fingerprint density at radius 1 is 1.33 bits per heavy atom. The van der Waals surface area contributed by atoms with E-state index in [1.165, 1.54) is 5.56 Å². The minimum Gasteiger partial charge on any atom is -0.330 e. The van der Waals surface area contributed by atoms with Crippen LogP contribution in [-0.4, -0.2) is 12.3 Å². The number of benzene rings is 1. The van der Waals surface area contributed by atoms with Crippen molar-refractivity contribution in [1.82, 2.24) is 0 Å². The summed E-state index contributed by atoms with van der Waals surface area (Å²) >= 11 is 0. The van der Waals surface area contributed by atoms with Gasteiger partial charge in [0.1, 0.15) is 0 Å². The number of ketones is 1. The van der Waals surface area contributed by atoms with E-state index in [2.05, 4.69) is 12.1 Å². The standard InChI is InChI=1S/C13H15NO/c14-8-2-1-3-10-4-5-11-6-7-13(15)12(11)9-10/h1,3-5,9H,2,6-8,14H2. The second-order valence-electron chi connectivity index (χ2n) is 3.82. The summed E-state index contributed by atoms with van der Waals surface area (Å²) in [6.07, 6.45) is 6.52. The fourth-order valence-electron chi connectivity index (χ4n) is 1.87. The quantitative estimate of drug-likeness (QED) is 0.814. The Kier molecular flexibility index (Phi) is 2.97. The van der Waals surface area contributed by atoms with E-state index in [4.69, 9.17) is 5.73 Å². The molecule has 0 atom stereocenters. The molecule has 0 amide bonds. The van der Waals surface area contributed by atoms with Crippen molar-refractivity contribution in [3.05, 3.63) is 41.0 Å². The summed E-state index contributed by atoms with van der Waals surface area (Å²) in [5.74, 6) is 0.277. The maximum atomic E-state index is 11.5. The van der Waals surface area contributed by atoms with Crippen LogP contribution < -0.4 is 5.73 Å². The highest BCUT2D eigenvalue weighted by atomic mass is 16.1. The maximum Gasteiger partial charge on any atom is 0.163 e. The van der Waals surface area contributed by atoms with Crippen LogP contribution in [0.25, 0.3) is 6.08 Å². The lowest BCUT2D eigenvalue weighted by Crippen LogP contribution is -1.95. The normalized spacial score (nSPS) is 14.9. The second kappa shape index (κ2) is 4.41. The summed E-state index contributed by atoms with van der Waals surface area (Å²) in [4.78, 5) is 11.5. The van der Waals surface area contributed by atoms with E-state index in [9.17, 15) is 4.79 Å². The SMILES string of the molecule is NCCC=Cc1ccc2c(c1)C(=O)CC2. The molecule has 1 aromatic carbocycles. The van der Waals surface area contributed by atoms with Gasteiger partial charge >= 0.3 is 0 Å². The zero-order valence-corrected chi connectivity index (χ0v) is 8.70. The third-order valence-corrected chi connectivity index (χ3v) is 2.70. The van der Waals surface area contributed by atoms with Crippen LogP contribution in [0, 0.1) is 0 Å². The van der Waals surface area contributed by atoms with E-state index < -0.39 is 0 Å². The lowest BCUT2D eigenvalue weighted by atomic mass is 10.1. The van der Waals surface area contributed by atoms with Crippen LogP contribution in [-0.2, 0) is 6.42 Å². The van der Waals surface area contributed by atoms with Crippen molar-refractivity contribution in [2.24, 2.45) is 5.73 Å². The summed E-state index contributed by atoms with van der Waals surface area (Å²) in [6, 6.07) is 6.10. The molecule has 1 aromatic rings. The third-order valence-electron chi connectivity index (χ3n) is 2.70. The zero-order valence-electron chi connectivity index (χ0n) is 8.70. The van der Waals surface area contributed by atoms with Crippen molar-refractivity contribution in [2.75, 3.05) is 6.54 Å². The van der Waals surface area contributed by atoms with Crippen LogP contribution >= 0.6 is 0 Å². The van der Waals surface area contributed by atoms with Gasteiger partial charge in [0.05, 0.1) is 0 Å². The van der Waals surface area contributed by atoms with Gasteiger partial charge in [-0.05, 0) is 36.6 Å². The minimum atomic E-state index is 0.277. The summed E-state index contributed by atoms with van der Waals surface area (Å²) in [6.45, 7) is 0.667. The first-order chi connectivity index (χ1) is 7.31. The van der Waals surface area contributed by atoms with Crippen LogP contribution in [0.4, 0.5) is 0 Å². The van der Waals surface area contributed by atoms with Gasteiger partial charge in [-0.25, -0.2) is 0 Å². The monoisotopic (exact) mass is 201 g/mol. The van der Waals surface area contributed by atoms with Gasteiger partial charge < -0.3 is 5.73 Å². The van der Waals surface area contributed by atoms with Crippen molar-refractivity contribution in [1.29, 1.82) is 0 Å². The largest absolute Gasteiger partial charge is 0.330 e. The Morgan fingerprint density at radius 2 is 2.20 bits per heavy atom. The molecule has 0 bridgehead atoms. The second-order valence-corrected chi connectivity index (χ2v) is 3.82. The van der Waals surface area contributed by atoms with E-state index in [0.717, 1.165) is 24.0 Å². The van der Waals surface area contributed by atoms with E-state index >= 15 is 0 Å². The number of rotatable bonds is 3. The molecule has 78 valence electrons. The topological polar surface area (TPSA) is 43.1 Å². The molecule has 2 rings (SSSR count). The van der Waals surface area contributed by atoms with Crippen molar-refractivity contribution >= 4 is 11.9 Å². The first-order valence-corrected chi connectivity index (χ1v) is 5.34. The fraction of sp³-hybridized carbons (Fsp3) is 0.308. The zero-order chi connectivity index (χ0) is 10.7. The van der Waals surface area contributed by atoms with Crippen LogP contribution in [0.15, 0.2) is 24.3 Å². The van der Waals surface area contributed by atoms with Gasteiger partial charge in [-0.1, -0.05) is 24.3 Å². The summed E-state index contributed by atoms with van der Waals surface area (Å²) in [5, 5.41) is 0. The van der Waals surface area contributed by atoms with Crippen molar-refractivity contribution in [2.45, 2.75) is 19.3 Å². The molecule has 0 radical (unpaired) electrons. The highest BCUT2D eigenvalue weighted by Gasteiger charge is 2.18. The summed E-state index contributed by atoms with van der Waals surface area (Å²) < 4.78 is 0. The first kappa shape index (κ1) is 10.1. The molecule has 0 saturated heterocycles. The predicted octanol–water partition coefficient (Wildman–Crippen LogP) is 2.18. The van der Waals surface area contributed by atoms with Crippen LogP contribution in [0.3, 0.4) is 0 Å². The van der Waals surface area contributed by atoms with E-state index in [1.807, 2.05) is 18.2 Å². The summed E-state index contributed by atoms with van der Waals surface area (Å²) in [7, 11) is 0. The molecule has 0 saturated carbocycles. The molecule has 0 aliphatic heterocycles. The molecule has 0 spiro atoms. The van der Waals surface area contributed by atoms with Crippen LogP contribution in [0.1, 0.15) is 34.3 Å². The number of hydrogen-bond acceptors (Lipinski definition) is 2. The average molecular weight is 201 g/mol. The number of Topliss-reactive ketones (excluding diaryl/α,β-unsaturated/α-hetero) is 1. The molecule has 1 aliphatic carbocycles. The van der Waals surface area contributed by atoms with Crippen LogP contribution in [0.5, 0.6) is 0 Å². The number of carbonyl (C=O) groups excluding carboxylic acids is 1. The molecule has 0 fully saturated rings. The Labute approximate surface area is 89.8 Å². The number of nitrogens with two attached hydrogens (primary N) is 1. The number of carbonyl (C=O) groups is 1. The highest BCUT2D eigenvalue weighted by molar-refractivity contribution is 6.00. The molecule has 0 unspecified atom stereocenters. The molecule has 15 heavy (non-hydrogen) atoms. The van der Waals surface area contributed by atoms with Crippen molar-refractivity contribution in [3.8, 4) is 0 Å². The smallest absolute Gasteiger partial charge is 0.163 e. The number of aryl methyl sites for hydroxylation is 1. The molecule has 0 aromatic heterocycles. The Hall–Kier alpha value is -1.41. The van der Waals surface area contributed by atoms with Gasteiger partial charge in [0.2, 0.25) is 0 Å². The summed E-state index contributed by atoms with van der Waals surface area (Å²) in [5.41, 5.74) is 8.59. The van der Waals surface area contributed by atoms with E-state index in [-0.39, 0.29) is 5.78 Å². The first-order valence-electron chi connectivity index (χ1n) is 5.34. The Morgan fingerprint density at radius 3 is 3.00 bits per heavy atom. The van der Waals surface area contributed by atoms with Gasteiger partial charge in [0, 0.05) is 12.0 Å². The Balaban J connectivity index is 2.22. The minimum absolute atomic E-state index is 0.277. The molecular formula is C13H15NO. The average Bonchev–Trinajstić information content (AvgIpc) is 2.61. The molecular weight excluding hydrogens is 186 g/mol. The molecule has 2 nitrogen and oxygen atoms in total. The van der Waals surface area contributed by atoms with Gasteiger partial charge in [0.15, 0.2) is 5.78 Å². The van der Waals surface area contributed by atoms with Gasteiger partial charge in [-0.3, -0.25) is 4.79 Å². The van der Waals surface area contributed by atoms with Gasteiger partial charge in [0.25, 0.3) is 0 Å². The lowest BCUT2D eigenvalue weighted by molar-refractivity contribution is 0.0994. The Bertz CT molecular complexity index is 407. The molecule has 2 N–H and O–H groups in total. The number of hydrogen-bond donors (Lipinski definition) is 1. The lowest BCUT2D eigenvalue weighted by Gasteiger charge is -1.99. The highest BCUT2D eigenvalue weighted by Crippen LogP contribution is 2.23. The molecule has 0 heterocycles. The van der Waals surface area contributed by atoms with Crippen LogP contribution in [0.2, 0.25) is 0 Å². The van der Waals surface area contributed by atoms with E-state index in [1.54, 1.807) is 0 Å². The number of fused-ring (bicyclic) bond motifs is 1. The van der Waals surface area contributed by atoms with Gasteiger partial charge in [-0.2, -0.15) is 0 Å². The van der Waals surface area contributed by atoms with E-state index in [0.29, 0.717) is 13.0 Å². The molecule has 2 heteroatoms. The van der Waals surface area contributed by atoms with Gasteiger partial charge in [-0.15, -0.1) is 0 Å². The predicted molar refractivity (Wildman–Crippen MR) is 61.8 cm³/mol. The molecule has 1 aliphatic rings. The van der Waals surface area contributed by atoms with Crippen molar-refractivity contribution < 1.29 is 4.79 Å². The maximum absolute atomic E-state index is 11.5. The third kappa shape index (κ3) is 2.16. The van der Waals surface area contributed by atoms with Crippen molar-refractivity contribution in [3.63, 3.8) is 0 Å².